The topological polar surface area (TPSA) is 101 Å². The predicted octanol–water partition coefficient (Wildman–Crippen LogP) is 5.49. The molecule has 0 unspecified atom stereocenters. The van der Waals surface area contributed by atoms with Crippen molar-refractivity contribution < 1.29 is 0 Å². The highest BCUT2D eigenvalue weighted by Gasteiger charge is 2.22. The van der Waals surface area contributed by atoms with Crippen LogP contribution in [-0.4, -0.2) is 45.7 Å². The van der Waals surface area contributed by atoms with Crippen molar-refractivity contribution in [1.29, 1.82) is 0 Å². The summed E-state index contributed by atoms with van der Waals surface area (Å²) < 4.78 is 3.92. The molecular weight excluding hydrogens is 512 g/mol. The summed E-state index contributed by atoms with van der Waals surface area (Å²) in [7, 11) is 0. The number of anilines is 3. The summed E-state index contributed by atoms with van der Waals surface area (Å²) in [5.74, 6) is 3.39. The van der Waals surface area contributed by atoms with E-state index in [4.69, 9.17) is 0 Å². The fourth-order valence-corrected chi connectivity index (χ4v) is 5.31. The maximum absolute atomic E-state index is 4.57. The molecule has 0 saturated heterocycles. The molecule has 10 nitrogen and oxygen atoms in total. The lowest BCUT2D eigenvalue weighted by molar-refractivity contribution is 0.758. The van der Waals surface area contributed by atoms with Crippen LogP contribution in [0.4, 0.5) is 17.3 Å². The van der Waals surface area contributed by atoms with E-state index in [1.165, 1.54) is 33.5 Å². The summed E-state index contributed by atoms with van der Waals surface area (Å²) in [4.78, 5) is 11.2. The molecule has 0 amide bonds. The molecule has 0 fully saturated rings. The van der Waals surface area contributed by atoms with Gasteiger partial charge in [-0.25, -0.2) is 9.97 Å². The van der Waals surface area contributed by atoms with Crippen molar-refractivity contribution in [2.45, 2.75) is 54.0 Å². The summed E-state index contributed by atoms with van der Waals surface area (Å²) in [5.41, 5.74) is 9.40. The SMILES string of the molecule is Cc1ccc2c(c1)CCCN2c1nccn2c(C)nnc12.Cc1cccc(CNc2nccn3c(C)nnc23)c1C. The summed E-state index contributed by atoms with van der Waals surface area (Å²) in [6.45, 7) is 12.0. The Morgan fingerprint density at radius 1 is 0.805 bits per heavy atom. The maximum atomic E-state index is 4.57. The largest absolute Gasteiger partial charge is 0.363 e. The van der Waals surface area contributed by atoms with Gasteiger partial charge in [0.2, 0.25) is 11.3 Å². The minimum atomic E-state index is 0.728. The molecule has 1 aliphatic rings. The van der Waals surface area contributed by atoms with Crippen LogP contribution in [0.1, 0.15) is 45.9 Å². The quantitative estimate of drug-likeness (QED) is 0.310. The van der Waals surface area contributed by atoms with Gasteiger partial charge in [0.25, 0.3) is 0 Å². The number of nitrogens with one attached hydrogen (secondary N) is 1. The Bertz CT molecular complexity index is 1850. The summed E-state index contributed by atoms with van der Waals surface area (Å²) >= 11 is 0. The van der Waals surface area contributed by atoms with Crippen molar-refractivity contribution in [1.82, 2.24) is 39.2 Å². The number of hydrogen-bond donors (Lipinski definition) is 1. The highest BCUT2D eigenvalue weighted by Crippen LogP contribution is 2.34. The molecule has 0 spiro atoms. The molecule has 10 heteroatoms. The number of aromatic nitrogens is 8. The first-order valence-electron chi connectivity index (χ1n) is 13.9. The fraction of sp³-hybridized carbons (Fsp3) is 0.290. The number of nitrogens with zero attached hydrogens (tertiary/aromatic N) is 9. The van der Waals surface area contributed by atoms with Crippen LogP contribution in [0, 0.1) is 34.6 Å². The van der Waals surface area contributed by atoms with Crippen LogP contribution in [0.3, 0.4) is 0 Å². The van der Waals surface area contributed by atoms with Gasteiger partial charge < -0.3 is 10.2 Å². The van der Waals surface area contributed by atoms with Gasteiger partial charge in [0.1, 0.15) is 11.6 Å². The normalized spacial score (nSPS) is 12.8. The van der Waals surface area contributed by atoms with Crippen molar-refractivity contribution in [2.24, 2.45) is 0 Å². The van der Waals surface area contributed by atoms with E-state index in [2.05, 4.69) is 97.7 Å². The zero-order chi connectivity index (χ0) is 28.5. The summed E-state index contributed by atoms with van der Waals surface area (Å²) in [6, 6.07) is 13.0. The maximum Gasteiger partial charge on any atom is 0.204 e. The van der Waals surface area contributed by atoms with Crippen molar-refractivity contribution in [2.75, 3.05) is 16.8 Å². The lowest BCUT2D eigenvalue weighted by atomic mass is 9.99. The number of hydrogen-bond acceptors (Lipinski definition) is 8. The van der Waals surface area contributed by atoms with Crippen LogP contribution in [-0.2, 0) is 13.0 Å². The van der Waals surface area contributed by atoms with Gasteiger partial charge in [-0.15, -0.1) is 20.4 Å². The van der Waals surface area contributed by atoms with Crippen molar-refractivity contribution in [3.05, 3.63) is 101 Å². The van der Waals surface area contributed by atoms with Crippen LogP contribution in [0.25, 0.3) is 11.3 Å². The average Bonchev–Trinajstić information content (AvgIpc) is 3.56. The number of benzene rings is 2. The number of aryl methyl sites for hydroxylation is 5. The Balaban J connectivity index is 0.000000148. The second kappa shape index (κ2) is 11.0. The molecule has 4 aromatic heterocycles. The van der Waals surface area contributed by atoms with Crippen LogP contribution in [0.5, 0.6) is 0 Å². The van der Waals surface area contributed by atoms with Crippen LogP contribution in [0.2, 0.25) is 0 Å². The van der Waals surface area contributed by atoms with Gasteiger partial charge >= 0.3 is 0 Å². The Kier molecular flexibility index (Phi) is 7.05. The third-order valence-corrected chi connectivity index (χ3v) is 7.75. The minimum Gasteiger partial charge on any atom is -0.363 e. The Hall–Kier alpha value is -4.86. The van der Waals surface area contributed by atoms with Crippen molar-refractivity contribution in [3.8, 4) is 0 Å². The molecule has 2 aromatic carbocycles. The summed E-state index contributed by atoms with van der Waals surface area (Å²) in [5, 5.41) is 20.0. The summed E-state index contributed by atoms with van der Waals surface area (Å²) in [6.07, 6.45) is 9.62. The molecule has 5 heterocycles. The number of fused-ring (bicyclic) bond motifs is 3. The monoisotopic (exact) mass is 546 g/mol. The standard InChI is InChI=1S/C16H17N5.C15H17N5/c1-11-5-6-14-13(10-11)4-3-8-21(14)15-16-19-18-12(2)20(16)9-7-17-15;1-10-5-4-6-13(11(10)2)9-17-14-15-19-18-12(3)20(15)8-7-16-14/h5-7,9-10H,3-4,8H2,1-2H3;4-8H,9H2,1-3H3,(H,16,17). The first-order chi connectivity index (χ1) is 19.9. The molecule has 41 heavy (non-hydrogen) atoms. The van der Waals surface area contributed by atoms with E-state index in [-0.39, 0.29) is 0 Å². The Morgan fingerprint density at radius 3 is 2.34 bits per heavy atom. The van der Waals surface area contributed by atoms with E-state index >= 15 is 0 Å². The number of rotatable bonds is 4. The smallest absolute Gasteiger partial charge is 0.204 e. The van der Waals surface area contributed by atoms with Gasteiger partial charge in [-0.3, -0.25) is 8.80 Å². The van der Waals surface area contributed by atoms with Crippen molar-refractivity contribution >= 4 is 28.6 Å². The van der Waals surface area contributed by atoms with Crippen LogP contribution >= 0.6 is 0 Å². The van der Waals surface area contributed by atoms with Crippen LogP contribution in [0.15, 0.2) is 61.2 Å². The molecule has 1 N–H and O–H groups in total. The predicted molar refractivity (Wildman–Crippen MR) is 161 cm³/mol. The lowest BCUT2D eigenvalue weighted by Gasteiger charge is -2.30. The van der Waals surface area contributed by atoms with E-state index in [1.54, 1.807) is 6.20 Å². The zero-order valence-corrected chi connectivity index (χ0v) is 24.1. The van der Waals surface area contributed by atoms with Gasteiger partial charge in [0, 0.05) is 43.6 Å². The van der Waals surface area contributed by atoms with E-state index < -0.39 is 0 Å². The highest BCUT2D eigenvalue weighted by molar-refractivity contribution is 5.74. The highest BCUT2D eigenvalue weighted by atomic mass is 15.3. The molecule has 0 saturated carbocycles. The molecule has 6 aromatic rings. The molecule has 7 rings (SSSR count). The van der Waals surface area contributed by atoms with Gasteiger partial charge in [0.05, 0.1) is 0 Å². The van der Waals surface area contributed by atoms with E-state index in [0.29, 0.717) is 0 Å². The molecule has 0 atom stereocenters. The molecular formula is C31H34N10. The van der Waals surface area contributed by atoms with Gasteiger partial charge in [-0.2, -0.15) is 0 Å². The minimum absolute atomic E-state index is 0.728. The fourth-order valence-electron chi connectivity index (χ4n) is 5.31. The first-order valence-corrected chi connectivity index (χ1v) is 13.9. The van der Waals surface area contributed by atoms with Crippen LogP contribution < -0.4 is 10.2 Å². The second-order valence-electron chi connectivity index (χ2n) is 10.5. The lowest BCUT2D eigenvalue weighted by Crippen LogP contribution is -2.26. The molecule has 1 aliphatic heterocycles. The van der Waals surface area contributed by atoms with Gasteiger partial charge in [-0.05, 0) is 75.8 Å². The van der Waals surface area contributed by atoms with Crippen molar-refractivity contribution in [3.63, 3.8) is 0 Å². The third kappa shape index (κ3) is 5.08. The van der Waals surface area contributed by atoms with E-state index in [1.807, 2.05) is 41.2 Å². The second-order valence-corrected chi connectivity index (χ2v) is 10.5. The Labute approximate surface area is 239 Å². The first kappa shape index (κ1) is 26.4. The molecule has 0 bridgehead atoms. The molecule has 0 radical (unpaired) electrons. The average molecular weight is 547 g/mol. The molecule has 208 valence electrons. The molecule has 0 aliphatic carbocycles. The van der Waals surface area contributed by atoms with E-state index in [9.17, 15) is 0 Å². The van der Waals surface area contributed by atoms with Gasteiger partial charge in [-0.1, -0.05) is 35.9 Å². The van der Waals surface area contributed by atoms with Gasteiger partial charge in [0.15, 0.2) is 11.6 Å². The third-order valence-electron chi connectivity index (χ3n) is 7.75. The zero-order valence-electron chi connectivity index (χ0n) is 24.1. The Morgan fingerprint density at radius 2 is 1.54 bits per heavy atom. The van der Waals surface area contributed by atoms with E-state index in [0.717, 1.165) is 60.5 Å².